The van der Waals surface area contributed by atoms with Gasteiger partial charge >= 0.3 is 5.97 Å². The van der Waals surface area contributed by atoms with Crippen molar-refractivity contribution in [1.82, 2.24) is 9.36 Å². The Morgan fingerprint density at radius 2 is 2.33 bits per heavy atom. The van der Waals surface area contributed by atoms with Gasteiger partial charge in [-0.2, -0.15) is 4.37 Å². The van der Waals surface area contributed by atoms with Gasteiger partial charge in [-0.15, -0.1) is 0 Å². The number of hydrogen-bond donors (Lipinski definition) is 1. The minimum Gasteiger partial charge on any atom is -0.480 e. The molecule has 5 nitrogen and oxygen atoms in total. The van der Waals surface area contributed by atoms with E-state index in [0.29, 0.717) is 11.0 Å². The van der Waals surface area contributed by atoms with E-state index < -0.39 is 5.97 Å². The molecule has 1 heterocycles. The van der Waals surface area contributed by atoms with Crippen LogP contribution in [0.1, 0.15) is 26.1 Å². The van der Waals surface area contributed by atoms with Gasteiger partial charge in [0.05, 0.1) is 0 Å². The first-order valence-electron chi connectivity index (χ1n) is 4.83. The molecule has 0 aliphatic rings. The van der Waals surface area contributed by atoms with Crippen LogP contribution in [0.2, 0.25) is 0 Å². The Kier molecular flexibility index (Phi) is 4.02. The van der Waals surface area contributed by atoms with Crippen molar-refractivity contribution in [2.24, 2.45) is 0 Å². The molecule has 0 radical (unpaired) electrons. The summed E-state index contributed by atoms with van der Waals surface area (Å²) in [6.07, 6.45) is 0.881. The van der Waals surface area contributed by atoms with E-state index in [-0.39, 0.29) is 12.6 Å². The maximum Gasteiger partial charge on any atom is 0.323 e. The molecule has 1 aromatic heterocycles. The lowest BCUT2D eigenvalue weighted by molar-refractivity contribution is -0.135. The van der Waals surface area contributed by atoms with Gasteiger partial charge in [0.25, 0.3) is 0 Å². The van der Waals surface area contributed by atoms with Crippen molar-refractivity contribution < 1.29 is 9.90 Å². The highest BCUT2D eigenvalue weighted by Gasteiger charge is 2.19. The van der Waals surface area contributed by atoms with Gasteiger partial charge in [0.2, 0.25) is 5.13 Å². The second-order valence-corrected chi connectivity index (χ2v) is 4.13. The first-order chi connectivity index (χ1) is 7.04. The van der Waals surface area contributed by atoms with Crippen molar-refractivity contribution in [2.45, 2.75) is 33.2 Å². The van der Waals surface area contributed by atoms with Crippen molar-refractivity contribution in [2.75, 3.05) is 11.4 Å². The van der Waals surface area contributed by atoms with Gasteiger partial charge in [-0.25, -0.2) is 4.98 Å². The topological polar surface area (TPSA) is 66.3 Å². The summed E-state index contributed by atoms with van der Waals surface area (Å²) in [5, 5.41) is 9.50. The van der Waals surface area contributed by atoms with E-state index in [1.807, 2.05) is 13.8 Å². The number of rotatable bonds is 5. The molecule has 1 unspecified atom stereocenters. The molecule has 0 fully saturated rings. The summed E-state index contributed by atoms with van der Waals surface area (Å²) in [6.45, 7) is 5.78. The van der Waals surface area contributed by atoms with Crippen LogP contribution in [-0.4, -0.2) is 33.0 Å². The molecule has 1 aromatic rings. The van der Waals surface area contributed by atoms with E-state index in [4.69, 9.17) is 5.11 Å². The molecule has 6 heteroatoms. The molecule has 0 bridgehead atoms. The Balaban J connectivity index is 2.85. The molecule has 1 rings (SSSR count). The third kappa shape index (κ3) is 3.16. The SMILES string of the molecule is CCC(C)N(CC(=O)O)c1nc(C)ns1. The standard InChI is InChI=1S/C9H15N3O2S/c1-4-6(2)12(5-8(13)14)9-10-7(3)11-15-9/h6H,4-5H2,1-3H3,(H,13,14). The largest absolute Gasteiger partial charge is 0.480 e. The summed E-state index contributed by atoms with van der Waals surface area (Å²) in [6, 6.07) is 0.161. The quantitative estimate of drug-likeness (QED) is 0.829. The van der Waals surface area contributed by atoms with Crippen molar-refractivity contribution >= 4 is 22.6 Å². The molecule has 0 aliphatic heterocycles. The van der Waals surface area contributed by atoms with Crippen LogP contribution in [-0.2, 0) is 4.79 Å². The summed E-state index contributed by atoms with van der Waals surface area (Å²) in [4.78, 5) is 16.7. The maximum absolute atomic E-state index is 10.7. The van der Waals surface area contributed by atoms with Crippen molar-refractivity contribution in [3.8, 4) is 0 Å². The zero-order valence-corrected chi connectivity index (χ0v) is 9.91. The summed E-state index contributed by atoms with van der Waals surface area (Å²) >= 11 is 1.24. The van der Waals surface area contributed by atoms with Crippen molar-refractivity contribution in [3.63, 3.8) is 0 Å². The number of anilines is 1. The first kappa shape index (κ1) is 11.9. The molecule has 15 heavy (non-hydrogen) atoms. The van der Waals surface area contributed by atoms with Gasteiger partial charge in [0, 0.05) is 17.6 Å². The molecule has 0 aromatic carbocycles. The van der Waals surface area contributed by atoms with Crippen LogP contribution < -0.4 is 4.90 Å². The fourth-order valence-corrected chi connectivity index (χ4v) is 1.96. The molecular weight excluding hydrogens is 214 g/mol. The van der Waals surface area contributed by atoms with E-state index >= 15 is 0 Å². The molecule has 0 amide bonds. The van der Waals surface area contributed by atoms with Crippen LogP contribution in [0.25, 0.3) is 0 Å². The molecule has 1 N–H and O–H groups in total. The van der Waals surface area contributed by atoms with Gasteiger partial charge in [-0.3, -0.25) is 4.79 Å². The van der Waals surface area contributed by atoms with Crippen LogP contribution in [0.15, 0.2) is 0 Å². The Bertz CT molecular complexity index is 340. The monoisotopic (exact) mass is 229 g/mol. The lowest BCUT2D eigenvalue weighted by Crippen LogP contribution is -2.37. The summed E-state index contributed by atoms with van der Waals surface area (Å²) < 4.78 is 4.06. The highest BCUT2D eigenvalue weighted by Crippen LogP contribution is 2.20. The second kappa shape index (κ2) is 5.06. The van der Waals surface area contributed by atoms with Gasteiger partial charge < -0.3 is 10.0 Å². The molecule has 84 valence electrons. The predicted octanol–water partition coefficient (Wildman–Crippen LogP) is 1.54. The maximum atomic E-state index is 10.7. The van der Waals surface area contributed by atoms with E-state index in [9.17, 15) is 4.79 Å². The third-order valence-corrected chi connectivity index (χ3v) is 3.04. The van der Waals surface area contributed by atoms with Crippen LogP contribution >= 0.6 is 11.5 Å². The number of hydrogen-bond acceptors (Lipinski definition) is 5. The lowest BCUT2D eigenvalue weighted by Gasteiger charge is -2.25. The third-order valence-electron chi connectivity index (χ3n) is 2.19. The average molecular weight is 229 g/mol. The number of carboxylic acid groups (broad SMARTS) is 1. The smallest absolute Gasteiger partial charge is 0.323 e. The van der Waals surface area contributed by atoms with Crippen LogP contribution in [0.5, 0.6) is 0 Å². The minimum absolute atomic E-state index is 0.0242. The number of nitrogens with zero attached hydrogens (tertiary/aromatic N) is 3. The predicted molar refractivity (Wildman–Crippen MR) is 59.4 cm³/mol. The van der Waals surface area contributed by atoms with Crippen LogP contribution in [0.4, 0.5) is 5.13 Å². The average Bonchev–Trinajstić information content (AvgIpc) is 2.59. The van der Waals surface area contributed by atoms with Crippen molar-refractivity contribution in [1.29, 1.82) is 0 Å². The zero-order valence-electron chi connectivity index (χ0n) is 9.10. The second-order valence-electron chi connectivity index (χ2n) is 3.40. The van der Waals surface area contributed by atoms with E-state index in [1.54, 1.807) is 11.8 Å². The molecule has 0 spiro atoms. The fraction of sp³-hybridized carbons (Fsp3) is 0.667. The minimum atomic E-state index is -0.844. The van der Waals surface area contributed by atoms with Gasteiger partial charge in [-0.05, 0) is 20.3 Å². The molecule has 0 saturated carbocycles. The Morgan fingerprint density at radius 3 is 2.73 bits per heavy atom. The molecule has 0 saturated heterocycles. The number of carbonyl (C=O) groups is 1. The highest BCUT2D eigenvalue weighted by molar-refractivity contribution is 7.09. The van der Waals surface area contributed by atoms with E-state index in [0.717, 1.165) is 6.42 Å². The number of carboxylic acids is 1. The Hall–Kier alpha value is -1.17. The van der Waals surface area contributed by atoms with Crippen molar-refractivity contribution in [3.05, 3.63) is 5.82 Å². The van der Waals surface area contributed by atoms with Crippen LogP contribution in [0, 0.1) is 6.92 Å². The molecular formula is C9H15N3O2S. The number of aliphatic carboxylic acids is 1. The normalized spacial score (nSPS) is 12.5. The summed E-state index contributed by atoms with van der Waals surface area (Å²) in [5.74, 6) is -0.156. The highest BCUT2D eigenvalue weighted by atomic mass is 32.1. The van der Waals surface area contributed by atoms with Gasteiger partial charge in [0.15, 0.2) is 0 Å². The Labute approximate surface area is 92.9 Å². The number of aryl methyl sites for hydroxylation is 1. The molecule has 0 aliphatic carbocycles. The lowest BCUT2D eigenvalue weighted by atomic mass is 10.2. The Morgan fingerprint density at radius 1 is 1.67 bits per heavy atom. The van der Waals surface area contributed by atoms with E-state index in [1.165, 1.54) is 11.5 Å². The van der Waals surface area contributed by atoms with Crippen LogP contribution in [0.3, 0.4) is 0 Å². The fourth-order valence-electron chi connectivity index (χ4n) is 1.18. The summed E-state index contributed by atoms with van der Waals surface area (Å²) in [5.41, 5.74) is 0. The summed E-state index contributed by atoms with van der Waals surface area (Å²) in [7, 11) is 0. The van der Waals surface area contributed by atoms with E-state index in [2.05, 4.69) is 9.36 Å². The number of aromatic nitrogens is 2. The molecule has 1 atom stereocenters. The van der Waals surface area contributed by atoms with Gasteiger partial charge in [0.1, 0.15) is 12.4 Å². The first-order valence-corrected chi connectivity index (χ1v) is 5.60. The van der Waals surface area contributed by atoms with Gasteiger partial charge in [-0.1, -0.05) is 6.92 Å². The zero-order chi connectivity index (χ0) is 11.4.